The van der Waals surface area contributed by atoms with Gasteiger partial charge in [0.05, 0.1) is 0 Å². The number of aromatic carboxylic acids is 1. The molecule has 0 aliphatic carbocycles. The Morgan fingerprint density at radius 2 is 2.00 bits per heavy atom. The van der Waals surface area contributed by atoms with Crippen LogP contribution in [-0.4, -0.2) is 24.2 Å². The van der Waals surface area contributed by atoms with Crippen molar-refractivity contribution in [1.82, 2.24) is 5.32 Å². The molecule has 0 unspecified atom stereocenters. The highest BCUT2D eigenvalue weighted by atomic mass is 32.1. The van der Waals surface area contributed by atoms with Crippen LogP contribution in [0.25, 0.3) is 0 Å². The second-order valence-electron chi connectivity index (χ2n) is 4.55. The van der Waals surface area contributed by atoms with Gasteiger partial charge in [0.25, 0.3) is 0 Å². The van der Waals surface area contributed by atoms with Gasteiger partial charge in [0.15, 0.2) is 0 Å². The fourth-order valence-electron chi connectivity index (χ4n) is 1.92. The first-order valence-corrected chi connectivity index (χ1v) is 7.75. The summed E-state index contributed by atoms with van der Waals surface area (Å²) >= 11 is 1.81. The van der Waals surface area contributed by atoms with Gasteiger partial charge in [-0.05, 0) is 30.7 Å². The van der Waals surface area contributed by atoms with Crippen LogP contribution in [0.15, 0.2) is 36.4 Å². The highest BCUT2D eigenvalue weighted by molar-refractivity contribution is 7.11. The first kappa shape index (κ1) is 15.5. The maximum absolute atomic E-state index is 11.0. The Labute approximate surface area is 128 Å². The maximum atomic E-state index is 11.0. The van der Waals surface area contributed by atoms with Crippen LogP contribution in [0.2, 0.25) is 0 Å². The van der Waals surface area contributed by atoms with Gasteiger partial charge in [0, 0.05) is 22.8 Å². The average Bonchev–Trinajstić information content (AvgIpc) is 2.95. The Morgan fingerprint density at radius 1 is 1.24 bits per heavy atom. The van der Waals surface area contributed by atoms with Crippen molar-refractivity contribution in [2.75, 3.05) is 13.2 Å². The lowest BCUT2D eigenvalue weighted by atomic mass is 10.2. The van der Waals surface area contributed by atoms with E-state index >= 15 is 0 Å². The van der Waals surface area contributed by atoms with E-state index in [1.807, 2.05) is 11.3 Å². The van der Waals surface area contributed by atoms with Crippen LogP contribution in [0.5, 0.6) is 5.75 Å². The first-order chi connectivity index (χ1) is 10.2. The summed E-state index contributed by atoms with van der Waals surface area (Å²) in [7, 11) is 0. The molecule has 0 bridgehead atoms. The van der Waals surface area contributed by atoms with E-state index in [9.17, 15) is 4.79 Å². The fraction of sp³-hybridized carbons (Fsp3) is 0.312. The normalized spacial score (nSPS) is 10.5. The quantitative estimate of drug-likeness (QED) is 0.735. The second-order valence-corrected chi connectivity index (χ2v) is 5.80. The summed E-state index contributed by atoms with van der Waals surface area (Å²) in [4.78, 5) is 13.7. The van der Waals surface area contributed by atoms with Crippen LogP contribution in [0.4, 0.5) is 0 Å². The van der Waals surface area contributed by atoms with Gasteiger partial charge in [0.2, 0.25) is 0 Å². The van der Waals surface area contributed by atoms with Gasteiger partial charge in [-0.25, -0.2) is 4.79 Å². The minimum Gasteiger partial charge on any atom is -0.491 e. The molecule has 1 heterocycles. The molecule has 0 saturated heterocycles. The molecule has 0 saturated carbocycles. The zero-order chi connectivity index (χ0) is 15.1. The van der Waals surface area contributed by atoms with Crippen molar-refractivity contribution < 1.29 is 14.6 Å². The van der Waals surface area contributed by atoms with Crippen molar-refractivity contribution in [3.8, 4) is 5.75 Å². The molecule has 21 heavy (non-hydrogen) atoms. The van der Waals surface area contributed by atoms with E-state index in [-0.39, 0.29) is 5.56 Å². The van der Waals surface area contributed by atoms with E-state index < -0.39 is 5.97 Å². The molecule has 4 nitrogen and oxygen atoms in total. The standard InChI is InChI=1S/C16H19NO3S/c1-2-12-7-8-13(21-12)11-17-9-10-20-15-6-4-3-5-14(15)16(18)19/h3-8,17H,2,9-11H2,1H3,(H,18,19). The molecule has 0 radical (unpaired) electrons. The number of ether oxygens (including phenoxy) is 1. The molecule has 0 aliphatic rings. The lowest BCUT2D eigenvalue weighted by Gasteiger charge is -2.09. The topological polar surface area (TPSA) is 58.6 Å². The molecule has 1 aromatic heterocycles. The van der Waals surface area contributed by atoms with E-state index in [0.29, 0.717) is 18.9 Å². The summed E-state index contributed by atoms with van der Waals surface area (Å²) in [5, 5.41) is 12.3. The zero-order valence-corrected chi connectivity index (χ0v) is 12.8. The number of nitrogens with one attached hydrogen (secondary N) is 1. The number of carboxylic acids is 1. The first-order valence-electron chi connectivity index (χ1n) is 6.94. The number of rotatable bonds is 8. The van der Waals surface area contributed by atoms with Gasteiger partial charge in [0.1, 0.15) is 17.9 Å². The maximum Gasteiger partial charge on any atom is 0.339 e. The predicted molar refractivity (Wildman–Crippen MR) is 84.3 cm³/mol. The van der Waals surface area contributed by atoms with Gasteiger partial charge < -0.3 is 15.2 Å². The van der Waals surface area contributed by atoms with Gasteiger partial charge in [-0.1, -0.05) is 19.1 Å². The molecule has 1 aromatic carbocycles. The molecule has 2 N–H and O–H groups in total. The van der Waals surface area contributed by atoms with Crippen LogP contribution in [0, 0.1) is 0 Å². The van der Waals surface area contributed by atoms with Crippen LogP contribution in [-0.2, 0) is 13.0 Å². The summed E-state index contributed by atoms with van der Waals surface area (Å²) < 4.78 is 5.52. The molecule has 5 heteroatoms. The van der Waals surface area contributed by atoms with E-state index in [2.05, 4.69) is 24.4 Å². The van der Waals surface area contributed by atoms with Crippen molar-refractivity contribution in [3.63, 3.8) is 0 Å². The summed E-state index contributed by atoms with van der Waals surface area (Å²) in [6.45, 7) is 4.08. The fourth-order valence-corrected chi connectivity index (χ4v) is 2.85. The molecule has 0 aliphatic heterocycles. The van der Waals surface area contributed by atoms with E-state index in [1.54, 1.807) is 24.3 Å². The zero-order valence-electron chi connectivity index (χ0n) is 12.0. The summed E-state index contributed by atoms with van der Waals surface area (Å²) in [5.74, 6) is -0.555. The number of hydrogen-bond donors (Lipinski definition) is 2. The highest BCUT2D eigenvalue weighted by Gasteiger charge is 2.09. The molecule has 0 spiro atoms. The molecule has 0 fully saturated rings. The van der Waals surface area contributed by atoms with Crippen molar-refractivity contribution >= 4 is 17.3 Å². The third kappa shape index (κ3) is 4.58. The van der Waals surface area contributed by atoms with Crippen molar-refractivity contribution in [3.05, 3.63) is 51.7 Å². The van der Waals surface area contributed by atoms with Gasteiger partial charge in [-0.3, -0.25) is 0 Å². The van der Waals surface area contributed by atoms with Crippen molar-refractivity contribution in [2.24, 2.45) is 0 Å². The molecule has 2 rings (SSSR count). The van der Waals surface area contributed by atoms with Gasteiger partial charge >= 0.3 is 5.97 Å². The highest BCUT2D eigenvalue weighted by Crippen LogP contribution is 2.18. The minimum absolute atomic E-state index is 0.198. The van der Waals surface area contributed by atoms with E-state index in [4.69, 9.17) is 9.84 Å². The molecule has 0 atom stereocenters. The molecule has 112 valence electrons. The van der Waals surface area contributed by atoms with Crippen LogP contribution >= 0.6 is 11.3 Å². The molecule has 2 aromatic rings. The van der Waals surface area contributed by atoms with Crippen LogP contribution in [0.3, 0.4) is 0 Å². The smallest absolute Gasteiger partial charge is 0.339 e. The molecular weight excluding hydrogens is 286 g/mol. The number of benzene rings is 1. The number of hydrogen-bond acceptors (Lipinski definition) is 4. The number of carboxylic acid groups (broad SMARTS) is 1. The average molecular weight is 305 g/mol. The van der Waals surface area contributed by atoms with E-state index in [1.165, 1.54) is 9.75 Å². The summed E-state index contributed by atoms with van der Waals surface area (Å²) in [6.07, 6.45) is 1.07. The summed E-state index contributed by atoms with van der Waals surface area (Å²) in [5.41, 5.74) is 0.198. The predicted octanol–water partition coefficient (Wildman–Crippen LogP) is 3.18. The molecule has 0 amide bonds. The Kier molecular flexibility index (Phi) is 5.78. The Balaban J connectivity index is 1.74. The van der Waals surface area contributed by atoms with Crippen LogP contribution < -0.4 is 10.1 Å². The van der Waals surface area contributed by atoms with Crippen molar-refractivity contribution in [1.29, 1.82) is 0 Å². The number of para-hydroxylation sites is 1. The second kappa shape index (κ2) is 7.81. The van der Waals surface area contributed by atoms with E-state index in [0.717, 1.165) is 13.0 Å². The third-order valence-electron chi connectivity index (χ3n) is 3.02. The van der Waals surface area contributed by atoms with Crippen molar-refractivity contribution in [2.45, 2.75) is 19.9 Å². The SMILES string of the molecule is CCc1ccc(CNCCOc2ccccc2C(=O)O)s1. The van der Waals surface area contributed by atoms with Gasteiger partial charge in [-0.2, -0.15) is 0 Å². The largest absolute Gasteiger partial charge is 0.491 e. The molecular formula is C16H19NO3S. The number of carbonyl (C=O) groups is 1. The summed E-state index contributed by atoms with van der Waals surface area (Å²) in [6, 6.07) is 11.0. The number of aryl methyl sites for hydroxylation is 1. The van der Waals surface area contributed by atoms with Crippen LogP contribution in [0.1, 0.15) is 27.0 Å². The Hall–Kier alpha value is -1.85. The number of thiophene rings is 1. The third-order valence-corrected chi connectivity index (χ3v) is 4.25. The lowest BCUT2D eigenvalue weighted by molar-refractivity contribution is 0.0692. The lowest BCUT2D eigenvalue weighted by Crippen LogP contribution is -2.20. The monoisotopic (exact) mass is 305 g/mol. The minimum atomic E-state index is -0.968. The Morgan fingerprint density at radius 3 is 2.71 bits per heavy atom. The Bertz CT molecular complexity index is 595. The van der Waals surface area contributed by atoms with Gasteiger partial charge in [-0.15, -0.1) is 11.3 Å².